The van der Waals surface area contributed by atoms with E-state index >= 15 is 0 Å². The maximum Gasteiger partial charge on any atom is 0.227 e. The molecule has 204 valence electrons. The van der Waals surface area contributed by atoms with E-state index in [-0.39, 0.29) is 5.92 Å². The number of nitrogens with zero attached hydrogens (tertiary/aromatic N) is 5. The number of hydrogen-bond acceptors (Lipinski definition) is 9. The number of sulfonamides is 1. The number of nitriles is 1. The van der Waals surface area contributed by atoms with Crippen LogP contribution in [0, 0.1) is 17.2 Å². The van der Waals surface area contributed by atoms with Gasteiger partial charge in [-0.15, -0.1) is 0 Å². The second kappa shape index (κ2) is 12.0. The number of aromatic nitrogens is 2. The van der Waals surface area contributed by atoms with Crippen LogP contribution in [-0.4, -0.2) is 74.9 Å². The van der Waals surface area contributed by atoms with Gasteiger partial charge >= 0.3 is 0 Å². The van der Waals surface area contributed by atoms with Gasteiger partial charge in [-0.3, -0.25) is 0 Å². The van der Waals surface area contributed by atoms with Crippen LogP contribution in [0.3, 0.4) is 0 Å². The molecule has 39 heavy (non-hydrogen) atoms. The summed E-state index contributed by atoms with van der Waals surface area (Å²) in [7, 11) is -3.16. The van der Waals surface area contributed by atoms with Crippen molar-refractivity contribution in [2.24, 2.45) is 5.92 Å². The monoisotopic (exact) mass is 548 g/mol. The van der Waals surface area contributed by atoms with Gasteiger partial charge < -0.3 is 19.7 Å². The lowest BCUT2D eigenvalue weighted by atomic mass is 9.99. The van der Waals surface area contributed by atoms with Gasteiger partial charge in [-0.2, -0.15) is 5.26 Å². The van der Waals surface area contributed by atoms with E-state index in [1.807, 2.05) is 18.2 Å². The first-order valence-electron chi connectivity index (χ1n) is 13.0. The summed E-state index contributed by atoms with van der Waals surface area (Å²) in [5, 5.41) is 13.0. The highest BCUT2D eigenvalue weighted by Crippen LogP contribution is 2.28. The van der Waals surface area contributed by atoms with Crippen LogP contribution in [0.25, 0.3) is 11.3 Å². The molecule has 2 aromatic carbocycles. The number of hydrogen-bond donors (Lipinski definition) is 1. The molecule has 0 amide bonds. The Balaban J connectivity index is 1.21. The summed E-state index contributed by atoms with van der Waals surface area (Å²) in [5.74, 6) is 1.22. The van der Waals surface area contributed by atoms with Gasteiger partial charge in [0.2, 0.25) is 16.0 Å². The Kier molecular flexibility index (Phi) is 8.26. The molecule has 0 saturated carbocycles. The van der Waals surface area contributed by atoms with Crippen molar-refractivity contribution in [1.82, 2.24) is 14.3 Å². The predicted molar refractivity (Wildman–Crippen MR) is 150 cm³/mol. The summed E-state index contributed by atoms with van der Waals surface area (Å²) in [5.41, 5.74) is 3.94. The van der Waals surface area contributed by atoms with Crippen molar-refractivity contribution in [1.29, 1.82) is 5.26 Å². The number of anilines is 3. The third-order valence-electron chi connectivity index (χ3n) is 7.07. The molecule has 0 aliphatic carbocycles. The topological polar surface area (TPSA) is 121 Å². The number of benzene rings is 2. The van der Waals surface area contributed by atoms with Gasteiger partial charge in [0.15, 0.2) is 0 Å². The van der Waals surface area contributed by atoms with Crippen LogP contribution in [0.15, 0.2) is 54.7 Å². The predicted octanol–water partition coefficient (Wildman–Crippen LogP) is 3.65. The quantitative estimate of drug-likeness (QED) is 0.450. The highest BCUT2D eigenvalue weighted by Gasteiger charge is 2.25. The first-order chi connectivity index (χ1) is 18.9. The minimum atomic E-state index is -3.16. The van der Waals surface area contributed by atoms with E-state index in [4.69, 9.17) is 9.47 Å². The van der Waals surface area contributed by atoms with E-state index in [0.29, 0.717) is 42.7 Å². The van der Waals surface area contributed by atoms with E-state index in [9.17, 15) is 13.7 Å². The molecule has 1 aromatic heterocycles. The van der Waals surface area contributed by atoms with Crippen molar-refractivity contribution in [3.63, 3.8) is 0 Å². The SMILES string of the molecule is CS(=O)(=O)N1CCC(COc2ccc(-c3ccnc(Nc4ccc(N5CCOCC5)cc4)n3)cc2C#N)CC1. The molecular formula is C28H32N6O4S. The Morgan fingerprint density at radius 3 is 2.51 bits per heavy atom. The molecule has 0 bridgehead atoms. The molecule has 0 atom stereocenters. The van der Waals surface area contributed by atoms with Crippen LogP contribution >= 0.6 is 0 Å². The maximum atomic E-state index is 11.7. The molecule has 2 fully saturated rings. The first-order valence-corrected chi connectivity index (χ1v) is 14.9. The van der Waals surface area contributed by atoms with Gasteiger partial charge in [-0.25, -0.2) is 22.7 Å². The number of ether oxygens (including phenoxy) is 2. The summed E-state index contributed by atoms with van der Waals surface area (Å²) in [6, 6.07) is 17.6. The smallest absolute Gasteiger partial charge is 0.227 e. The van der Waals surface area contributed by atoms with Crippen LogP contribution in [0.2, 0.25) is 0 Å². The van der Waals surface area contributed by atoms with Gasteiger partial charge in [0.25, 0.3) is 0 Å². The van der Waals surface area contributed by atoms with Crippen LogP contribution in [0.1, 0.15) is 18.4 Å². The maximum absolute atomic E-state index is 11.7. The van der Waals surface area contributed by atoms with Crippen molar-refractivity contribution in [3.8, 4) is 23.1 Å². The zero-order chi connectivity index (χ0) is 27.2. The standard InChI is InChI=1S/C28H32N6O4S/c1-39(35,36)34-12-9-21(10-13-34)20-38-27-7-2-22(18-23(27)19-29)26-8-11-30-28(32-26)31-24-3-5-25(6-4-24)33-14-16-37-17-15-33/h2-8,11,18,21H,9-10,12-17,20H2,1H3,(H,30,31,32). The number of nitrogens with one attached hydrogen (secondary N) is 1. The van der Waals surface area contributed by atoms with E-state index in [1.54, 1.807) is 24.4 Å². The fourth-order valence-corrected chi connectivity index (χ4v) is 5.68. The minimum Gasteiger partial charge on any atom is -0.492 e. The molecule has 2 saturated heterocycles. The summed E-state index contributed by atoms with van der Waals surface area (Å²) in [4.78, 5) is 11.3. The fraction of sp³-hybridized carbons (Fsp3) is 0.393. The zero-order valence-electron chi connectivity index (χ0n) is 21.9. The van der Waals surface area contributed by atoms with E-state index in [0.717, 1.165) is 56.1 Å². The molecule has 0 spiro atoms. The molecule has 2 aliphatic heterocycles. The average molecular weight is 549 g/mol. The highest BCUT2D eigenvalue weighted by molar-refractivity contribution is 7.88. The Labute approximate surface area is 229 Å². The number of piperidine rings is 1. The summed E-state index contributed by atoms with van der Waals surface area (Å²) >= 11 is 0. The van der Waals surface area contributed by atoms with Crippen molar-refractivity contribution in [2.45, 2.75) is 12.8 Å². The van der Waals surface area contributed by atoms with Crippen LogP contribution in [0.4, 0.5) is 17.3 Å². The third kappa shape index (κ3) is 6.84. The van der Waals surface area contributed by atoms with Crippen LogP contribution in [-0.2, 0) is 14.8 Å². The molecular weight excluding hydrogens is 516 g/mol. The summed E-state index contributed by atoms with van der Waals surface area (Å²) < 4.78 is 36.4. The molecule has 3 heterocycles. The Hall–Kier alpha value is -3.72. The average Bonchev–Trinajstić information content (AvgIpc) is 2.97. The van der Waals surface area contributed by atoms with Gasteiger partial charge in [0.1, 0.15) is 11.8 Å². The Morgan fingerprint density at radius 1 is 1.08 bits per heavy atom. The Morgan fingerprint density at radius 2 is 1.82 bits per heavy atom. The van der Waals surface area contributed by atoms with Gasteiger partial charge in [-0.05, 0) is 67.3 Å². The van der Waals surface area contributed by atoms with Crippen LogP contribution < -0.4 is 15.0 Å². The molecule has 3 aromatic rings. The zero-order valence-corrected chi connectivity index (χ0v) is 22.7. The lowest BCUT2D eigenvalue weighted by Crippen LogP contribution is -2.39. The molecule has 1 N–H and O–H groups in total. The van der Waals surface area contributed by atoms with E-state index < -0.39 is 10.0 Å². The lowest BCUT2D eigenvalue weighted by Gasteiger charge is -2.30. The normalized spacial score (nSPS) is 17.0. The van der Waals surface area contributed by atoms with Crippen molar-refractivity contribution in [2.75, 3.05) is 62.5 Å². The van der Waals surface area contributed by atoms with Crippen molar-refractivity contribution < 1.29 is 17.9 Å². The molecule has 0 radical (unpaired) electrons. The van der Waals surface area contributed by atoms with Crippen molar-refractivity contribution in [3.05, 3.63) is 60.3 Å². The van der Waals surface area contributed by atoms with E-state index in [1.165, 1.54) is 10.6 Å². The van der Waals surface area contributed by atoms with E-state index in [2.05, 4.69) is 38.4 Å². The number of rotatable bonds is 8. The molecule has 11 heteroatoms. The van der Waals surface area contributed by atoms with Crippen molar-refractivity contribution >= 4 is 27.3 Å². The first kappa shape index (κ1) is 26.9. The van der Waals surface area contributed by atoms with Gasteiger partial charge in [0.05, 0.1) is 37.3 Å². The molecule has 10 nitrogen and oxygen atoms in total. The highest BCUT2D eigenvalue weighted by atomic mass is 32.2. The lowest BCUT2D eigenvalue weighted by molar-refractivity contribution is 0.122. The van der Waals surface area contributed by atoms with Gasteiger partial charge in [-0.1, -0.05) is 0 Å². The number of morpholine rings is 1. The van der Waals surface area contributed by atoms with Crippen LogP contribution in [0.5, 0.6) is 5.75 Å². The molecule has 2 aliphatic rings. The minimum absolute atomic E-state index is 0.243. The second-order valence-corrected chi connectivity index (χ2v) is 11.8. The Bertz CT molecular complexity index is 1430. The molecule has 0 unspecified atom stereocenters. The summed E-state index contributed by atoms with van der Waals surface area (Å²) in [6.45, 7) is 4.70. The molecule has 5 rings (SSSR count). The largest absolute Gasteiger partial charge is 0.492 e. The third-order valence-corrected chi connectivity index (χ3v) is 8.37. The summed E-state index contributed by atoms with van der Waals surface area (Å²) in [6.07, 6.45) is 4.40. The fourth-order valence-electron chi connectivity index (χ4n) is 4.80. The second-order valence-electron chi connectivity index (χ2n) is 9.78. The van der Waals surface area contributed by atoms with Gasteiger partial charge in [0, 0.05) is 49.3 Å².